The second-order valence-electron chi connectivity index (χ2n) is 7.23. The van der Waals surface area contributed by atoms with Gasteiger partial charge in [0.25, 0.3) is 0 Å². The van der Waals surface area contributed by atoms with Crippen molar-refractivity contribution in [3.8, 4) is 0 Å². The van der Waals surface area contributed by atoms with E-state index in [-0.39, 0.29) is 19.1 Å². The van der Waals surface area contributed by atoms with Crippen LogP contribution >= 0.6 is 0 Å². The highest BCUT2D eigenvalue weighted by molar-refractivity contribution is 5.80. The molecule has 0 aliphatic carbocycles. The van der Waals surface area contributed by atoms with Gasteiger partial charge < -0.3 is 15.9 Å². The number of carbonyl (C=O) groups excluding carboxylic acids is 1. The summed E-state index contributed by atoms with van der Waals surface area (Å²) < 4.78 is 0. The smallest absolute Gasteiger partial charge is 0.223 e. The first-order chi connectivity index (χ1) is 11.6. The van der Waals surface area contributed by atoms with E-state index >= 15 is 0 Å². The molecule has 0 spiro atoms. The molecule has 0 heterocycles. The van der Waals surface area contributed by atoms with Crippen molar-refractivity contribution in [2.75, 3.05) is 13.2 Å². The van der Waals surface area contributed by atoms with Crippen LogP contribution in [0.3, 0.4) is 0 Å². The summed E-state index contributed by atoms with van der Waals surface area (Å²) in [5.74, 6) is -0.381. The van der Waals surface area contributed by atoms with Crippen LogP contribution in [-0.2, 0) is 4.79 Å². The van der Waals surface area contributed by atoms with Crippen LogP contribution in [0, 0.1) is 5.41 Å². The quantitative estimate of drug-likeness (QED) is 0.324. The molecule has 0 aliphatic heterocycles. The maximum atomic E-state index is 11.7. The minimum atomic E-state index is -0.720. The molecule has 0 aromatic carbocycles. The van der Waals surface area contributed by atoms with E-state index in [0.717, 1.165) is 12.8 Å². The van der Waals surface area contributed by atoms with Gasteiger partial charge in [0.2, 0.25) is 5.91 Å². The van der Waals surface area contributed by atoms with Gasteiger partial charge in [-0.05, 0) is 19.3 Å². The Kier molecular flexibility index (Phi) is 15.5. The molecular weight excluding hydrogens is 302 g/mol. The summed E-state index contributed by atoms with van der Waals surface area (Å²) in [7, 11) is 0. The van der Waals surface area contributed by atoms with Gasteiger partial charge >= 0.3 is 0 Å². The van der Waals surface area contributed by atoms with Gasteiger partial charge in [0.15, 0.2) is 0 Å². The monoisotopic (exact) mass is 343 g/mol. The van der Waals surface area contributed by atoms with E-state index in [1.165, 1.54) is 64.2 Å². The molecule has 4 nitrogen and oxygen atoms in total. The first-order valence-electron chi connectivity index (χ1n) is 10.1. The predicted molar refractivity (Wildman–Crippen MR) is 101 cm³/mol. The van der Waals surface area contributed by atoms with Crippen molar-refractivity contribution in [1.29, 1.82) is 0 Å². The Hall–Kier alpha value is -0.610. The number of amides is 1. The fraction of sp³-hybridized carbons (Fsp3) is 0.950. The van der Waals surface area contributed by atoms with Crippen molar-refractivity contribution in [3.05, 3.63) is 0 Å². The highest BCUT2D eigenvalue weighted by Crippen LogP contribution is 2.32. The van der Waals surface area contributed by atoms with Crippen molar-refractivity contribution in [2.45, 2.75) is 103 Å². The lowest BCUT2D eigenvalue weighted by Crippen LogP contribution is -2.39. The molecule has 0 bridgehead atoms. The van der Waals surface area contributed by atoms with Crippen molar-refractivity contribution >= 4 is 5.91 Å². The number of hydrogen-bond acceptors (Lipinski definition) is 3. The van der Waals surface area contributed by atoms with Gasteiger partial charge in [-0.1, -0.05) is 84.0 Å². The number of aliphatic hydroxyl groups excluding tert-OH is 2. The van der Waals surface area contributed by atoms with Crippen LogP contribution in [0.2, 0.25) is 0 Å². The molecule has 24 heavy (non-hydrogen) atoms. The molecule has 0 unspecified atom stereocenters. The Labute approximate surface area is 149 Å². The van der Waals surface area contributed by atoms with Gasteiger partial charge in [-0.15, -0.1) is 0 Å². The number of carbonyl (C=O) groups is 1. The zero-order valence-corrected chi connectivity index (χ0v) is 15.9. The third-order valence-electron chi connectivity index (χ3n) is 5.21. The van der Waals surface area contributed by atoms with E-state index in [1.54, 1.807) is 0 Å². The molecule has 0 aliphatic rings. The Bertz CT molecular complexity index is 289. The number of unbranched alkanes of at least 4 members (excludes halogenated alkanes) is 11. The first kappa shape index (κ1) is 23.4. The minimum absolute atomic E-state index is 0.0544. The largest absolute Gasteiger partial charge is 0.396 e. The maximum absolute atomic E-state index is 11.7. The number of hydrogen-bond donors (Lipinski definition) is 3. The Morgan fingerprint density at radius 1 is 0.708 bits per heavy atom. The lowest BCUT2D eigenvalue weighted by Gasteiger charge is -2.29. The number of primary amides is 1. The lowest BCUT2D eigenvalue weighted by molar-refractivity contribution is -0.130. The SMILES string of the molecule is CCCCCCCCCCCCCCC(CCO)(CCO)C(N)=O. The molecule has 0 aromatic rings. The summed E-state index contributed by atoms with van der Waals surface area (Å²) in [6, 6.07) is 0. The third-order valence-corrected chi connectivity index (χ3v) is 5.21. The van der Waals surface area contributed by atoms with Crippen molar-refractivity contribution in [1.82, 2.24) is 0 Å². The van der Waals surface area contributed by atoms with E-state index in [1.807, 2.05) is 0 Å². The van der Waals surface area contributed by atoms with E-state index in [2.05, 4.69) is 6.92 Å². The van der Waals surface area contributed by atoms with Gasteiger partial charge in [-0.2, -0.15) is 0 Å². The van der Waals surface area contributed by atoms with Crippen LogP contribution in [0.1, 0.15) is 103 Å². The molecule has 0 fully saturated rings. The number of aliphatic hydroxyl groups is 2. The van der Waals surface area contributed by atoms with Gasteiger partial charge in [0.1, 0.15) is 0 Å². The predicted octanol–water partition coefficient (Wildman–Crippen LogP) is 4.31. The van der Waals surface area contributed by atoms with Gasteiger partial charge in [-0.25, -0.2) is 0 Å². The zero-order chi connectivity index (χ0) is 18.1. The third kappa shape index (κ3) is 11.0. The molecule has 0 atom stereocenters. The summed E-state index contributed by atoms with van der Waals surface area (Å²) >= 11 is 0. The van der Waals surface area contributed by atoms with Crippen LogP contribution < -0.4 is 5.73 Å². The minimum Gasteiger partial charge on any atom is -0.396 e. The fourth-order valence-electron chi connectivity index (χ4n) is 3.48. The molecule has 144 valence electrons. The van der Waals surface area contributed by atoms with Crippen molar-refractivity contribution in [2.24, 2.45) is 11.1 Å². The standard InChI is InChI=1S/C20H41NO3/c1-2-3-4-5-6-7-8-9-10-11-12-13-14-20(15-17-22,16-18-23)19(21)24/h22-23H,2-18H2,1H3,(H2,21,24). The first-order valence-corrected chi connectivity index (χ1v) is 10.1. The molecule has 4 N–H and O–H groups in total. The van der Waals surface area contributed by atoms with Crippen LogP contribution in [-0.4, -0.2) is 29.3 Å². The number of rotatable bonds is 18. The Balaban J connectivity index is 3.66. The molecule has 0 saturated heterocycles. The molecule has 4 heteroatoms. The average Bonchev–Trinajstić information content (AvgIpc) is 2.56. The summed E-state index contributed by atoms with van der Waals surface area (Å²) in [4.78, 5) is 11.7. The van der Waals surface area contributed by atoms with E-state index in [0.29, 0.717) is 19.3 Å². The summed E-state index contributed by atoms with van der Waals surface area (Å²) in [5.41, 5.74) is 4.80. The summed E-state index contributed by atoms with van der Waals surface area (Å²) in [6.45, 7) is 2.14. The van der Waals surface area contributed by atoms with Crippen molar-refractivity contribution < 1.29 is 15.0 Å². The van der Waals surface area contributed by atoms with E-state index < -0.39 is 5.41 Å². The van der Waals surface area contributed by atoms with Crippen LogP contribution in [0.4, 0.5) is 0 Å². The Morgan fingerprint density at radius 2 is 1.08 bits per heavy atom. The van der Waals surface area contributed by atoms with Gasteiger partial charge in [0.05, 0.1) is 5.41 Å². The highest BCUT2D eigenvalue weighted by Gasteiger charge is 2.34. The van der Waals surface area contributed by atoms with Gasteiger partial charge in [-0.3, -0.25) is 4.79 Å². The average molecular weight is 344 g/mol. The van der Waals surface area contributed by atoms with Crippen molar-refractivity contribution in [3.63, 3.8) is 0 Å². The Morgan fingerprint density at radius 3 is 1.42 bits per heavy atom. The van der Waals surface area contributed by atoms with Crippen LogP contribution in [0.25, 0.3) is 0 Å². The summed E-state index contributed by atoms with van der Waals surface area (Å²) in [5, 5.41) is 18.4. The second kappa shape index (κ2) is 15.9. The van der Waals surface area contributed by atoms with Gasteiger partial charge in [0, 0.05) is 13.2 Å². The van der Waals surface area contributed by atoms with E-state index in [9.17, 15) is 15.0 Å². The van der Waals surface area contributed by atoms with Crippen LogP contribution in [0.15, 0.2) is 0 Å². The molecule has 0 aromatic heterocycles. The molecule has 0 rings (SSSR count). The van der Waals surface area contributed by atoms with Crippen LogP contribution in [0.5, 0.6) is 0 Å². The second-order valence-corrected chi connectivity index (χ2v) is 7.23. The summed E-state index contributed by atoms with van der Waals surface area (Å²) in [6.07, 6.45) is 16.8. The number of nitrogens with two attached hydrogens (primary N) is 1. The normalized spacial score (nSPS) is 11.8. The van der Waals surface area contributed by atoms with E-state index in [4.69, 9.17) is 5.73 Å². The highest BCUT2D eigenvalue weighted by atomic mass is 16.3. The molecule has 1 amide bonds. The molecular formula is C20H41NO3. The molecule has 0 saturated carbocycles. The zero-order valence-electron chi connectivity index (χ0n) is 15.9. The maximum Gasteiger partial charge on any atom is 0.223 e. The molecule has 0 radical (unpaired) electrons. The lowest BCUT2D eigenvalue weighted by atomic mass is 9.76. The topological polar surface area (TPSA) is 83.6 Å². The fourth-order valence-corrected chi connectivity index (χ4v) is 3.48.